The Labute approximate surface area is 159 Å². The van der Waals surface area contributed by atoms with E-state index in [0.717, 1.165) is 0 Å². The van der Waals surface area contributed by atoms with Gasteiger partial charge in [-0.1, -0.05) is 12.1 Å². The molecule has 7 heteroatoms. The third-order valence-corrected chi connectivity index (χ3v) is 6.09. The van der Waals surface area contributed by atoms with E-state index in [1.54, 1.807) is 24.3 Å². The van der Waals surface area contributed by atoms with Gasteiger partial charge in [0.15, 0.2) is 11.6 Å². The van der Waals surface area contributed by atoms with Crippen LogP contribution in [-0.4, -0.2) is 29.9 Å². The average Bonchev–Trinajstić information content (AvgIpc) is 2.69. The maximum atomic E-state index is 12.7. The van der Waals surface area contributed by atoms with Gasteiger partial charge in [0.05, 0.1) is 16.7 Å². The molecule has 2 aliphatic heterocycles. The molecule has 1 N–H and O–H groups in total. The van der Waals surface area contributed by atoms with Crippen molar-refractivity contribution in [3.05, 3.63) is 52.6 Å². The fourth-order valence-corrected chi connectivity index (χ4v) is 4.93. The molecule has 6 rings (SSSR count). The fraction of sp³-hybridized carbons (Fsp3) is 0.333. The summed E-state index contributed by atoms with van der Waals surface area (Å²) in [6.07, 6.45) is -0.153. The highest BCUT2D eigenvalue weighted by molar-refractivity contribution is 6.03. The monoisotopic (exact) mass is 380 g/mol. The lowest BCUT2D eigenvalue weighted by atomic mass is 9.77. The van der Waals surface area contributed by atoms with E-state index in [2.05, 4.69) is 0 Å². The van der Waals surface area contributed by atoms with Gasteiger partial charge in [0.2, 0.25) is 5.79 Å². The minimum Gasteiger partial charge on any atom is -0.507 e. The van der Waals surface area contributed by atoms with Gasteiger partial charge < -0.3 is 19.3 Å². The molecule has 2 bridgehead atoms. The van der Waals surface area contributed by atoms with Gasteiger partial charge >= 0.3 is 0 Å². The van der Waals surface area contributed by atoms with Crippen molar-refractivity contribution in [1.29, 1.82) is 0 Å². The van der Waals surface area contributed by atoms with E-state index in [-0.39, 0.29) is 42.1 Å². The van der Waals surface area contributed by atoms with E-state index in [4.69, 9.17) is 18.9 Å². The number of Topliss-reactive ketones (excluding diaryl/α,β-unsaturated/α-hetero) is 2. The molecule has 4 aliphatic rings. The van der Waals surface area contributed by atoms with Crippen LogP contribution in [0.3, 0.4) is 0 Å². The van der Waals surface area contributed by atoms with Crippen LogP contribution >= 0.6 is 0 Å². The number of ether oxygens (including phenoxy) is 4. The van der Waals surface area contributed by atoms with Gasteiger partial charge in [-0.2, -0.15) is 0 Å². The van der Waals surface area contributed by atoms with E-state index in [9.17, 15) is 14.7 Å². The number of aromatic hydroxyl groups is 1. The lowest BCUT2D eigenvalue weighted by Crippen LogP contribution is -2.63. The van der Waals surface area contributed by atoms with Gasteiger partial charge in [-0.3, -0.25) is 14.3 Å². The molecule has 7 nitrogen and oxygen atoms in total. The summed E-state index contributed by atoms with van der Waals surface area (Å²) in [5, 5.41) is 10.3. The maximum Gasteiger partial charge on any atom is 0.271 e. The van der Waals surface area contributed by atoms with Gasteiger partial charge in [0.25, 0.3) is 5.79 Å². The van der Waals surface area contributed by atoms with Crippen LogP contribution in [0.2, 0.25) is 0 Å². The third kappa shape index (κ3) is 1.67. The molecule has 2 spiro atoms. The second-order valence-electron chi connectivity index (χ2n) is 7.51. The number of hydrogen-bond acceptors (Lipinski definition) is 7. The molecule has 2 aromatic carbocycles. The molecule has 28 heavy (non-hydrogen) atoms. The highest BCUT2D eigenvalue weighted by Gasteiger charge is 2.66. The summed E-state index contributed by atoms with van der Waals surface area (Å²) in [6.45, 7) is 0. The number of methoxy groups -OCH3 is 1. The summed E-state index contributed by atoms with van der Waals surface area (Å²) in [6, 6.07) is 8.28. The number of phenolic OH excluding ortho intramolecular Hbond substituents is 1. The quantitative estimate of drug-likeness (QED) is 0.813. The van der Waals surface area contributed by atoms with Crippen molar-refractivity contribution >= 4 is 11.6 Å². The van der Waals surface area contributed by atoms with Crippen molar-refractivity contribution in [3.8, 4) is 17.2 Å². The van der Waals surface area contributed by atoms with Crippen molar-refractivity contribution in [1.82, 2.24) is 0 Å². The largest absolute Gasteiger partial charge is 0.507 e. The Morgan fingerprint density at radius 2 is 1.89 bits per heavy atom. The number of ketones is 2. The molecule has 2 aliphatic carbocycles. The van der Waals surface area contributed by atoms with Gasteiger partial charge in [0.1, 0.15) is 23.4 Å². The molecule has 0 saturated heterocycles. The van der Waals surface area contributed by atoms with Crippen molar-refractivity contribution in [2.24, 2.45) is 0 Å². The normalized spacial score (nSPS) is 31.4. The Hall–Kier alpha value is -2.90. The van der Waals surface area contributed by atoms with E-state index >= 15 is 0 Å². The summed E-state index contributed by atoms with van der Waals surface area (Å²) in [5.74, 6) is -2.19. The van der Waals surface area contributed by atoms with Crippen LogP contribution in [0.15, 0.2) is 30.3 Å². The van der Waals surface area contributed by atoms with Crippen LogP contribution in [0, 0.1) is 0 Å². The molecular formula is C21H16O7. The summed E-state index contributed by atoms with van der Waals surface area (Å²) in [7, 11) is 1.51. The van der Waals surface area contributed by atoms with Crippen molar-refractivity contribution in [2.45, 2.75) is 36.9 Å². The predicted octanol–water partition coefficient (Wildman–Crippen LogP) is 2.78. The Kier molecular flexibility index (Phi) is 2.83. The molecule has 0 fully saturated rings. The highest BCUT2D eigenvalue weighted by Crippen LogP contribution is 2.61. The summed E-state index contributed by atoms with van der Waals surface area (Å²) < 4.78 is 24.8. The van der Waals surface area contributed by atoms with Crippen molar-refractivity contribution in [2.75, 3.05) is 7.11 Å². The third-order valence-electron chi connectivity index (χ3n) is 6.09. The molecule has 0 amide bonds. The molecule has 0 saturated carbocycles. The Bertz CT molecular complexity index is 1090. The molecule has 142 valence electrons. The first-order chi connectivity index (χ1) is 13.5. The van der Waals surface area contributed by atoms with E-state index in [0.29, 0.717) is 28.2 Å². The summed E-state index contributed by atoms with van der Waals surface area (Å²) >= 11 is 0. The number of carbonyl (C=O) groups is 2. The van der Waals surface area contributed by atoms with Crippen molar-refractivity contribution in [3.63, 3.8) is 0 Å². The second-order valence-corrected chi connectivity index (χ2v) is 7.51. The SMILES string of the molecule is CO[C@@H]1CC(=O)c2cccc3c2C12Oc1ccc(O)c4c1C(CCC4=O)(O3)O2. The van der Waals surface area contributed by atoms with E-state index in [1.165, 1.54) is 13.2 Å². The first kappa shape index (κ1) is 16.1. The van der Waals surface area contributed by atoms with Gasteiger partial charge in [-0.15, -0.1) is 0 Å². The predicted molar refractivity (Wildman–Crippen MR) is 93.6 cm³/mol. The van der Waals surface area contributed by atoms with Crippen LogP contribution < -0.4 is 9.47 Å². The molecular weight excluding hydrogens is 364 g/mol. The number of rotatable bonds is 1. The summed E-state index contributed by atoms with van der Waals surface area (Å²) in [5.41, 5.74) is 1.56. The first-order valence-electron chi connectivity index (χ1n) is 9.16. The average molecular weight is 380 g/mol. The Balaban J connectivity index is 1.71. The lowest BCUT2D eigenvalue weighted by Gasteiger charge is -2.56. The van der Waals surface area contributed by atoms with Gasteiger partial charge in [-0.05, 0) is 18.2 Å². The Morgan fingerprint density at radius 1 is 1.07 bits per heavy atom. The second kappa shape index (κ2) is 4.92. The molecule has 3 atom stereocenters. The minimum absolute atomic E-state index is 0.0721. The first-order valence-corrected chi connectivity index (χ1v) is 9.16. The van der Waals surface area contributed by atoms with Crippen LogP contribution in [0.5, 0.6) is 17.2 Å². The number of carbonyl (C=O) groups excluding carboxylic acids is 2. The van der Waals surface area contributed by atoms with E-state index < -0.39 is 17.7 Å². The zero-order valence-electron chi connectivity index (χ0n) is 15.0. The molecule has 2 aromatic rings. The fourth-order valence-electron chi connectivity index (χ4n) is 4.93. The molecule has 0 aromatic heterocycles. The molecule has 0 radical (unpaired) electrons. The zero-order valence-corrected chi connectivity index (χ0v) is 15.0. The topological polar surface area (TPSA) is 91.3 Å². The maximum absolute atomic E-state index is 12.7. The zero-order chi connectivity index (χ0) is 19.3. The minimum atomic E-state index is -1.37. The van der Waals surface area contributed by atoms with E-state index in [1.807, 2.05) is 0 Å². The lowest BCUT2D eigenvalue weighted by molar-refractivity contribution is -0.387. The Morgan fingerprint density at radius 3 is 2.71 bits per heavy atom. The van der Waals surface area contributed by atoms with Gasteiger partial charge in [0, 0.05) is 31.9 Å². The summed E-state index contributed by atoms with van der Waals surface area (Å²) in [4.78, 5) is 25.2. The number of benzene rings is 2. The van der Waals surface area contributed by atoms with Crippen LogP contribution in [0.4, 0.5) is 0 Å². The van der Waals surface area contributed by atoms with Crippen LogP contribution in [0.25, 0.3) is 0 Å². The smallest absolute Gasteiger partial charge is 0.271 e. The molecule has 2 unspecified atom stereocenters. The number of hydrogen-bond donors (Lipinski definition) is 1. The molecule has 2 heterocycles. The standard InChI is InChI=1S/C21H16O7/c1-25-16-9-13(24)10-3-2-4-14-18(10)21(16)27-15-6-5-11(22)17-12(23)7-8-20(26-14,28-21)19(15)17/h2-6,16,22H,7-9H2,1H3/t16-,20?,21?/m1/s1. The van der Waals surface area contributed by atoms with Crippen molar-refractivity contribution < 1.29 is 33.6 Å². The van der Waals surface area contributed by atoms with Crippen LogP contribution in [0.1, 0.15) is 51.1 Å². The van der Waals surface area contributed by atoms with Gasteiger partial charge in [-0.25, -0.2) is 0 Å². The highest BCUT2D eigenvalue weighted by atomic mass is 16.8. The number of phenols is 1. The van der Waals surface area contributed by atoms with Crippen LogP contribution in [-0.2, 0) is 21.0 Å².